The molecule has 0 aromatic heterocycles. The molecule has 0 bridgehead atoms. The highest BCUT2D eigenvalue weighted by Crippen LogP contribution is 1.99. The normalized spacial score (nSPS) is 15.6. The fraction of sp³-hybridized carbons (Fsp3) is 0.579. The molecule has 0 saturated heterocycles. The molecule has 0 amide bonds. The maximum Gasteiger partial charge on any atom is 0.0758 e. The van der Waals surface area contributed by atoms with Crippen molar-refractivity contribution in [2.45, 2.75) is 38.4 Å². The standard InChI is InChI=1S/C19H33NO4/c1-2-3-6-9-18(23)10-7-4-5-8-11-19(24)12-13-20(14-16-21)15-17-22/h3-8,10-11,18-19,21-24H,2,9,12-17H2,1H3/b5-4-,6-3-,10-7+,11-8+/t18-,19+/m0/s1. The van der Waals surface area contributed by atoms with Gasteiger partial charge in [-0.15, -0.1) is 0 Å². The SMILES string of the molecule is CC/C=C\C[C@H](O)/C=C/C=C\C=C\[C@@H](O)CCN(CCO)CCO. The summed E-state index contributed by atoms with van der Waals surface area (Å²) in [4.78, 5) is 1.91. The average Bonchev–Trinajstić information content (AvgIpc) is 2.56. The molecule has 0 unspecified atom stereocenters. The minimum absolute atomic E-state index is 0.0428. The summed E-state index contributed by atoms with van der Waals surface area (Å²) in [6, 6.07) is 0. The number of aliphatic hydroxyl groups is 4. The molecule has 0 radical (unpaired) electrons. The van der Waals surface area contributed by atoms with E-state index in [1.807, 2.05) is 17.1 Å². The molecule has 0 aromatic rings. The lowest BCUT2D eigenvalue weighted by atomic mass is 10.2. The van der Waals surface area contributed by atoms with Crippen LogP contribution in [0, 0.1) is 0 Å². The van der Waals surface area contributed by atoms with Crippen LogP contribution in [0.15, 0.2) is 48.6 Å². The quantitative estimate of drug-likeness (QED) is 0.284. The second-order valence-electron chi connectivity index (χ2n) is 5.48. The number of hydrogen-bond donors (Lipinski definition) is 4. The zero-order valence-electron chi connectivity index (χ0n) is 14.7. The third kappa shape index (κ3) is 14.4. The van der Waals surface area contributed by atoms with E-state index in [4.69, 9.17) is 10.2 Å². The summed E-state index contributed by atoms with van der Waals surface area (Å²) in [6.07, 6.45) is 15.7. The lowest BCUT2D eigenvalue weighted by Crippen LogP contribution is -2.32. The van der Waals surface area contributed by atoms with E-state index in [-0.39, 0.29) is 13.2 Å². The minimum atomic E-state index is -0.566. The van der Waals surface area contributed by atoms with Gasteiger partial charge in [-0.25, -0.2) is 0 Å². The van der Waals surface area contributed by atoms with E-state index < -0.39 is 12.2 Å². The Hall–Kier alpha value is -1.24. The van der Waals surface area contributed by atoms with Gasteiger partial charge < -0.3 is 20.4 Å². The molecule has 0 spiro atoms. The largest absolute Gasteiger partial charge is 0.395 e. The molecule has 0 rings (SSSR count). The summed E-state index contributed by atoms with van der Waals surface area (Å²) in [6.45, 7) is 3.75. The van der Waals surface area contributed by atoms with Gasteiger partial charge in [0, 0.05) is 19.6 Å². The highest BCUT2D eigenvalue weighted by atomic mass is 16.3. The summed E-state index contributed by atoms with van der Waals surface area (Å²) in [5, 5.41) is 37.4. The first-order valence-corrected chi connectivity index (χ1v) is 8.60. The van der Waals surface area contributed by atoms with E-state index in [2.05, 4.69) is 6.92 Å². The molecule has 0 aliphatic rings. The van der Waals surface area contributed by atoms with Crippen LogP contribution in [0.5, 0.6) is 0 Å². The first kappa shape index (κ1) is 22.8. The average molecular weight is 339 g/mol. The van der Waals surface area contributed by atoms with Crippen LogP contribution in [-0.4, -0.2) is 70.4 Å². The van der Waals surface area contributed by atoms with Crippen molar-refractivity contribution in [2.75, 3.05) is 32.8 Å². The summed E-state index contributed by atoms with van der Waals surface area (Å²) in [5.41, 5.74) is 0. The third-order valence-corrected chi connectivity index (χ3v) is 3.35. The molecule has 0 aliphatic heterocycles. The van der Waals surface area contributed by atoms with Gasteiger partial charge in [-0.3, -0.25) is 4.90 Å². The van der Waals surface area contributed by atoms with Crippen LogP contribution >= 0.6 is 0 Å². The van der Waals surface area contributed by atoms with Crippen LogP contribution < -0.4 is 0 Å². The molecule has 5 heteroatoms. The first-order valence-electron chi connectivity index (χ1n) is 8.60. The number of allylic oxidation sites excluding steroid dienone is 5. The lowest BCUT2D eigenvalue weighted by Gasteiger charge is -2.20. The van der Waals surface area contributed by atoms with Crippen molar-refractivity contribution in [3.8, 4) is 0 Å². The van der Waals surface area contributed by atoms with Crippen molar-refractivity contribution in [3.05, 3.63) is 48.6 Å². The van der Waals surface area contributed by atoms with Gasteiger partial charge in [-0.05, 0) is 19.3 Å². The van der Waals surface area contributed by atoms with E-state index in [0.717, 1.165) is 6.42 Å². The van der Waals surface area contributed by atoms with Gasteiger partial charge in [0.15, 0.2) is 0 Å². The molecule has 0 aromatic carbocycles. The Labute approximate surface area is 145 Å². The smallest absolute Gasteiger partial charge is 0.0758 e. The number of rotatable bonds is 14. The maximum atomic E-state index is 9.86. The summed E-state index contributed by atoms with van der Waals surface area (Å²) >= 11 is 0. The van der Waals surface area contributed by atoms with Crippen LogP contribution in [0.4, 0.5) is 0 Å². The molecule has 4 N–H and O–H groups in total. The van der Waals surface area contributed by atoms with Crippen LogP contribution in [0.3, 0.4) is 0 Å². The maximum absolute atomic E-state index is 9.86. The molecular formula is C19H33NO4. The highest BCUT2D eigenvalue weighted by molar-refractivity contribution is 5.13. The lowest BCUT2D eigenvalue weighted by molar-refractivity contribution is 0.136. The molecule has 0 saturated carbocycles. The van der Waals surface area contributed by atoms with Gasteiger partial charge in [0.25, 0.3) is 0 Å². The number of aliphatic hydroxyl groups excluding tert-OH is 4. The van der Waals surface area contributed by atoms with E-state index in [1.54, 1.807) is 36.5 Å². The van der Waals surface area contributed by atoms with Gasteiger partial charge in [-0.2, -0.15) is 0 Å². The summed E-state index contributed by atoms with van der Waals surface area (Å²) in [7, 11) is 0. The fourth-order valence-corrected chi connectivity index (χ4v) is 2.02. The number of nitrogens with zero attached hydrogens (tertiary/aromatic N) is 1. The van der Waals surface area contributed by atoms with Gasteiger partial charge >= 0.3 is 0 Å². The molecule has 138 valence electrons. The van der Waals surface area contributed by atoms with Gasteiger partial charge in [0.2, 0.25) is 0 Å². The first-order chi connectivity index (χ1) is 11.6. The van der Waals surface area contributed by atoms with Gasteiger partial charge in [0.1, 0.15) is 0 Å². The topological polar surface area (TPSA) is 84.2 Å². The molecule has 0 fully saturated rings. The molecule has 24 heavy (non-hydrogen) atoms. The summed E-state index contributed by atoms with van der Waals surface area (Å²) < 4.78 is 0. The molecular weight excluding hydrogens is 306 g/mol. The van der Waals surface area contributed by atoms with Crippen molar-refractivity contribution in [1.29, 1.82) is 0 Å². The Morgan fingerprint density at radius 1 is 0.792 bits per heavy atom. The van der Waals surface area contributed by atoms with Gasteiger partial charge in [0.05, 0.1) is 25.4 Å². The minimum Gasteiger partial charge on any atom is -0.395 e. The summed E-state index contributed by atoms with van der Waals surface area (Å²) in [5.74, 6) is 0. The Balaban J connectivity index is 4.00. The molecule has 0 aliphatic carbocycles. The second-order valence-corrected chi connectivity index (χ2v) is 5.48. The molecule has 2 atom stereocenters. The Kier molecular flexibility index (Phi) is 15.8. The van der Waals surface area contributed by atoms with E-state index in [0.29, 0.717) is 32.5 Å². The highest BCUT2D eigenvalue weighted by Gasteiger charge is 2.06. The van der Waals surface area contributed by atoms with Crippen molar-refractivity contribution in [3.63, 3.8) is 0 Å². The van der Waals surface area contributed by atoms with E-state index in [1.165, 1.54) is 0 Å². The zero-order valence-corrected chi connectivity index (χ0v) is 14.7. The predicted octanol–water partition coefficient (Wildman–Crippen LogP) is 1.41. The van der Waals surface area contributed by atoms with Gasteiger partial charge in [-0.1, -0.05) is 55.5 Å². The van der Waals surface area contributed by atoms with Crippen molar-refractivity contribution >= 4 is 0 Å². The zero-order chi connectivity index (χ0) is 18.0. The van der Waals surface area contributed by atoms with Crippen molar-refractivity contribution in [2.24, 2.45) is 0 Å². The number of hydrogen-bond acceptors (Lipinski definition) is 5. The van der Waals surface area contributed by atoms with Crippen molar-refractivity contribution in [1.82, 2.24) is 4.90 Å². The van der Waals surface area contributed by atoms with Crippen LogP contribution in [0.1, 0.15) is 26.2 Å². The van der Waals surface area contributed by atoms with E-state index in [9.17, 15) is 10.2 Å². The Bertz CT molecular complexity index is 385. The second kappa shape index (κ2) is 16.6. The van der Waals surface area contributed by atoms with Crippen LogP contribution in [0.2, 0.25) is 0 Å². The third-order valence-electron chi connectivity index (χ3n) is 3.35. The molecule has 0 heterocycles. The Morgan fingerprint density at radius 3 is 1.92 bits per heavy atom. The van der Waals surface area contributed by atoms with E-state index >= 15 is 0 Å². The van der Waals surface area contributed by atoms with Crippen molar-refractivity contribution < 1.29 is 20.4 Å². The molecule has 5 nitrogen and oxygen atoms in total. The van der Waals surface area contributed by atoms with Crippen LogP contribution in [0.25, 0.3) is 0 Å². The monoisotopic (exact) mass is 339 g/mol. The predicted molar refractivity (Wildman–Crippen MR) is 98.7 cm³/mol. The Morgan fingerprint density at radius 2 is 1.38 bits per heavy atom. The van der Waals surface area contributed by atoms with Crippen LogP contribution in [-0.2, 0) is 0 Å². The fourth-order valence-electron chi connectivity index (χ4n) is 2.02.